The van der Waals surface area contributed by atoms with E-state index in [1.54, 1.807) is 0 Å². The second kappa shape index (κ2) is 6.00. The van der Waals surface area contributed by atoms with Gasteiger partial charge in [0.15, 0.2) is 0 Å². The number of carboxylic acids is 1. The molecule has 0 saturated heterocycles. The number of aliphatic carboxylic acids is 1. The monoisotopic (exact) mass is 173 g/mol. The lowest BCUT2D eigenvalue weighted by Gasteiger charge is -2.15. The van der Waals surface area contributed by atoms with Gasteiger partial charge in [-0.15, -0.1) is 0 Å². The Bertz CT molecular complexity index is 136. The fraction of sp³-hybridized carbons (Fsp3) is 0.889. The van der Waals surface area contributed by atoms with Crippen LogP contribution in [0.4, 0.5) is 0 Å². The van der Waals surface area contributed by atoms with Crippen LogP contribution in [0.2, 0.25) is 0 Å². The first-order valence-electron chi connectivity index (χ1n) is 4.60. The molecule has 3 heteroatoms. The molecule has 0 saturated carbocycles. The molecular formula is C9H19NO2. The molecule has 3 N–H and O–H groups in total. The summed E-state index contributed by atoms with van der Waals surface area (Å²) >= 11 is 0. The summed E-state index contributed by atoms with van der Waals surface area (Å²) in [5.41, 5.74) is 5.42. The second-order valence-electron chi connectivity index (χ2n) is 3.24. The van der Waals surface area contributed by atoms with Crippen LogP contribution in [-0.4, -0.2) is 17.1 Å². The first-order valence-corrected chi connectivity index (χ1v) is 4.60. The average Bonchev–Trinajstić information content (AvgIpc) is 2.03. The van der Waals surface area contributed by atoms with Gasteiger partial charge in [0.25, 0.3) is 0 Å². The minimum absolute atomic E-state index is 0.473. The molecule has 0 aliphatic rings. The van der Waals surface area contributed by atoms with E-state index in [4.69, 9.17) is 10.8 Å². The van der Waals surface area contributed by atoms with Crippen LogP contribution >= 0.6 is 0 Å². The molecule has 0 aliphatic heterocycles. The van der Waals surface area contributed by atoms with Crippen LogP contribution < -0.4 is 5.73 Å². The quantitative estimate of drug-likeness (QED) is 0.641. The fourth-order valence-electron chi connectivity index (χ4n) is 1.36. The third kappa shape index (κ3) is 4.34. The van der Waals surface area contributed by atoms with Crippen molar-refractivity contribution in [2.24, 2.45) is 11.7 Å². The minimum atomic E-state index is -0.885. The SMILES string of the molecule is CCCC(CC)CC(N)C(=O)O. The lowest BCUT2D eigenvalue weighted by Crippen LogP contribution is -2.32. The van der Waals surface area contributed by atoms with Crippen molar-refractivity contribution in [1.82, 2.24) is 0 Å². The van der Waals surface area contributed by atoms with E-state index in [2.05, 4.69) is 13.8 Å². The maximum absolute atomic E-state index is 10.4. The smallest absolute Gasteiger partial charge is 0.320 e. The van der Waals surface area contributed by atoms with Gasteiger partial charge in [-0.2, -0.15) is 0 Å². The Hall–Kier alpha value is -0.570. The highest BCUT2D eigenvalue weighted by molar-refractivity contribution is 5.72. The molecule has 72 valence electrons. The molecule has 0 amide bonds. The maximum Gasteiger partial charge on any atom is 0.320 e. The van der Waals surface area contributed by atoms with Gasteiger partial charge in [-0.25, -0.2) is 0 Å². The molecule has 0 heterocycles. The van der Waals surface area contributed by atoms with Gasteiger partial charge in [0.05, 0.1) is 0 Å². The van der Waals surface area contributed by atoms with Crippen LogP contribution in [0, 0.1) is 5.92 Å². The first-order chi connectivity index (χ1) is 5.61. The number of hydrogen-bond donors (Lipinski definition) is 2. The molecule has 12 heavy (non-hydrogen) atoms. The van der Waals surface area contributed by atoms with E-state index in [0.717, 1.165) is 19.3 Å². The zero-order valence-corrected chi connectivity index (χ0v) is 7.92. The first kappa shape index (κ1) is 11.4. The Kier molecular flexibility index (Phi) is 5.72. The molecule has 0 radical (unpaired) electrons. The predicted molar refractivity (Wildman–Crippen MR) is 48.9 cm³/mol. The number of hydrogen-bond acceptors (Lipinski definition) is 2. The van der Waals surface area contributed by atoms with Gasteiger partial charge in [-0.3, -0.25) is 4.79 Å². The predicted octanol–water partition coefficient (Wildman–Crippen LogP) is 1.61. The third-order valence-corrected chi connectivity index (χ3v) is 2.18. The van der Waals surface area contributed by atoms with Crippen molar-refractivity contribution in [3.63, 3.8) is 0 Å². The van der Waals surface area contributed by atoms with Crippen molar-refractivity contribution in [3.05, 3.63) is 0 Å². The van der Waals surface area contributed by atoms with Crippen molar-refractivity contribution in [2.45, 2.75) is 45.6 Å². The summed E-state index contributed by atoms with van der Waals surface area (Å²) in [7, 11) is 0. The van der Waals surface area contributed by atoms with E-state index in [-0.39, 0.29) is 0 Å². The zero-order chi connectivity index (χ0) is 9.56. The van der Waals surface area contributed by atoms with Crippen LogP contribution in [0.15, 0.2) is 0 Å². The van der Waals surface area contributed by atoms with Gasteiger partial charge in [0.2, 0.25) is 0 Å². The van der Waals surface area contributed by atoms with Gasteiger partial charge in [0.1, 0.15) is 6.04 Å². The van der Waals surface area contributed by atoms with Crippen molar-refractivity contribution in [1.29, 1.82) is 0 Å². The topological polar surface area (TPSA) is 63.3 Å². The molecule has 0 spiro atoms. The molecule has 2 unspecified atom stereocenters. The lowest BCUT2D eigenvalue weighted by molar-refractivity contribution is -0.139. The Balaban J connectivity index is 3.76. The summed E-state index contributed by atoms with van der Waals surface area (Å²) in [6, 6.07) is -0.679. The van der Waals surface area contributed by atoms with Crippen molar-refractivity contribution in [3.8, 4) is 0 Å². The van der Waals surface area contributed by atoms with Gasteiger partial charge < -0.3 is 10.8 Å². The Morgan fingerprint density at radius 1 is 1.50 bits per heavy atom. The summed E-state index contributed by atoms with van der Waals surface area (Å²) < 4.78 is 0. The third-order valence-electron chi connectivity index (χ3n) is 2.18. The van der Waals surface area contributed by atoms with Gasteiger partial charge in [-0.05, 0) is 12.3 Å². The van der Waals surface area contributed by atoms with Crippen LogP contribution in [0.5, 0.6) is 0 Å². The van der Waals surface area contributed by atoms with E-state index in [9.17, 15) is 4.79 Å². The molecule has 0 aliphatic carbocycles. The van der Waals surface area contributed by atoms with Gasteiger partial charge >= 0.3 is 5.97 Å². The molecule has 0 aromatic heterocycles. The standard InChI is InChI=1S/C9H19NO2/c1-3-5-7(4-2)6-8(10)9(11)12/h7-8H,3-6,10H2,1-2H3,(H,11,12). The molecular weight excluding hydrogens is 154 g/mol. The van der Waals surface area contributed by atoms with Crippen molar-refractivity contribution < 1.29 is 9.90 Å². The number of carboxylic acid groups (broad SMARTS) is 1. The summed E-state index contributed by atoms with van der Waals surface area (Å²) in [6.07, 6.45) is 3.82. The second-order valence-corrected chi connectivity index (χ2v) is 3.24. The van der Waals surface area contributed by atoms with E-state index < -0.39 is 12.0 Å². The number of carbonyl (C=O) groups is 1. The highest BCUT2D eigenvalue weighted by Gasteiger charge is 2.16. The van der Waals surface area contributed by atoms with E-state index in [0.29, 0.717) is 12.3 Å². The normalized spacial score (nSPS) is 15.6. The van der Waals surface area contributed by atoms with Crippen LogP contribution in [0.25, 0.3) is 0 Å². The van der Waals surface area contributed by atoms with Crippen LogP contribution in [0.3, 0.4) is 0 Å². The molecule has 0 aromatic carbocycles. The van der Waals surface area contributed by atoms with E-state index in [1.807, 2.05) is 0 Å². The highest BCUT2D eigenvalue weighted by atomic mass is 16.4. The highest BCUT2D eigenvalue weighted by Crippen LogP contribution is 2.16. The van der Waals surface area contributed by atoms with Gasteiger partial charge in [-0.1, -0.05) is 33.1 Å². The molecule has 0 rings (SSSR count). The van der Waals surface area contributed by atoms with Gasteiger partial charge in [0, 0.05) is 0 Å². The summed E-state index contributed by atoms with van der Waals surface area (Å²) in [5.74, 6) is -0.411. The molecule has 2 atom stereocenters. The minimum Gasteiger partial charge on any atom is -0.480 e. The Labute approximate surface area is 74.0 Å². The largest absolute Gasteiger partial charge is 0.480 e. The zero-order valence-electron chi connectivity index (χ0n) is 7.92. The summed E-state index contributed by atoms with van der Waals surface area (Å²) in [4.78, 5) is 10.4. The molecule has 3 nitrogen and oxygen atoms in total. The molecule has 0 aromatic rings. The molecule has 0 fully saturated rings. The molecule has 0 bridgehead atoms. The maximum atomic E-state index is 10.4. The number of rotatable bonds is 6. The lowest BCUT2D eigenvalue weighted by atomic mass is 9.93. The van der Waals surface area contributed by atoms with E-state index in [1.165, 1.54) is 0 Å². The fourth-order valence-corrected chi connectivity index (χ4v) is 1.36. The average molecular weight is 173 g/mol. The summed E-state index contributed by atoms with van der Waals surface area (Å²) in [5, 5.41) is 8.57. The number of nitrogens with two attached hydrogens (primary N) is 1. The summed E-state index contributed by atoms with van der Waals surface area (Å²) in [6.45, 7) is 4.18. The van der Waals surface area contributed by atoms with Crippen molar-refractivity contribution >= 4 is 5.97 Å². The van der Waals surface area contributed by atoms with E-state index >= 15 is 0 Å². The van der Waals surface area contributed by atoms with Crippen LogP contribution in [0.1, 0.15) is 39.5 Å². The Morgan fingerprint density at radius 3 is 2.42 bits per heavy atom. The van der Waals surface area contributed by atoms with Crippen molar-refractivity contribution in [2.75, 3.05) is 0 Å². The van der Waals surface area contributed by atoms with Crippen LogP contribution in [-0.2, 0) is 4.79 Å². The Morgan fingerprint density at radius 2 is 2.08 bits per heavy atom.